The lowest BCUT2D eigenvalue weighted by Gasteiger charge is -2.07. The van der Waals surface area contributed by atoms with Gasteiger partial charge in [-0.1, -0.05) is 17.4 Å². The fourth-order valence-corrected chi connectivity index (χ4v) is 3.84. The van der Waals surface area contributed by atoms with Crippen LogP contribution in [0, 0.1) is 10.1 Å². The molecule has 1 heterocycles. The van der Waals surface area contributed by atoms with E-state index in [0.717, 1.165) is 29.5 Å². The van der Waals surface area contributed by atoms with Gasteiger partial charge in [0.15, 0.2) is 4.80 Å². The Hall–Kier alpha value is -3.05. The summed E-state index contributed by atoms with van der Waals surface area (Å²) in [6, 6.07) is 8.26. The number of alkyl halides is 3. The predicted octanol–water partition coefficient (Wildman–Crippen LogP) is 4.41. The zero-order valence-electron chi connectivity index (χ0n) is 15.7. The molecule has 0 aliphatic carbocycles. The molecule has 0 saturated heterocycles. The van der Waals surface area contributed by atoms with Gasteiger partial charge in [-0.25, -0.2) is 0 Å². The predicted molar refractivity (Wildman–Crippen MR) is 104 cm³/mol. The summed E-state index contributed by atoms with van der Waals surface area (Å²) in [6.07, 6.45) is -4.58. The molecule has 30 heavy (non-hydrogen) atoms. The molecule has 0 unspecified atom stereocenters. The second kappa shape index (κ2) is 8.76. The Bertz CT molecular complexity index is 1170. The topological polar surface area (TPSA) is 86.7 Å². The van der Waals surface area contributed by atoms with Crippen LogP contribution in [0.5, 0.6) is 0 Å². The van der Waals surface area contributed by atoms with Crippen molar-refractivity contribution >= 4 is 33.1 Å². The summed E-state index contributed by atoms with van der Waals surface area (Å²) in [5.41, 5.74) is -0.651. The minimum Gasteiger partial charge on any atom is -0.380 e. The van der Waals surface area contributed by atoms with Crippen LogP contribution in [0.1, 0.15) is 22.8 Å². The van der Waals surface area contributed by atoms with Gasteiger partial charge in [-0.05, 0) is 31.2 Å². The normalized spacial score (nSPS) is 12.5. The van der Waals surface area contributed by atoms with Crippen molar-refractivity contribution in [3.63, 3.8) is 0 Å². The Morgan fingerprint density at radius 2 is 2.03 bits per heavy atom. The van der Waals surface area contributed by atoms with E-state index in [2.05, 4.69) is 4.99 Å². The van der Waals surface area contributed by atoms with E-state index in [1.807, 2.05) is 6.92 Å². The Labute approximate surface area is 172 Å². The van der Waals surface area contributed by atoms with Crippen molar-refractivity contribution in [2.45, 2.75) is 19.6 Å². The molecule has 0 fully saturated rings. The highest BCUT2D eigenvalue weighted by Gasteiger charge is 2.30. The van der Waals surface area contributed by atoms with Crippen LogP contribution in [0.4, 0.5) is 18.9 Å². The standard InChI is InChI=1S/C19H16F3N3O4S/c1-2-29-9-8-24-15-7-6-14(25(27)28)11-16(15)30-18(24)23-17(26)12-4-3-5-13(10-12)19(20,21)22/h3-7,10-11H,2,8-9H2,1H3. The summed E-state index contributed by atoms with van der Waals surface area (Å²) >= 11 is 1.04. The minimum atomic E-state index is -4.58. The number of thiazole rings is 1. The summed E-state index contributed by atoms with van der Waals surface area (Å²) in [7, 11) is 0. The summed E-state index contributed by atoms with van der Waals surface area (Å²) < 4.78 is 46.3. The van der Waals surface area contributed by atoms with E-state index >= 15 is 0 Å². The van der Waals surface area contributed by atoms with Crippen molar-refractivity contribution in [3.8, 4) is 0 Å². The molecule has 0 bridgehead atoms. The molecule has 2 aromatic carbocycles. The third-order valence-corrected chi connectivity index (χ3v) is 5.22. The van der Waals surface area contributed by atoms with Crippen molar-refractivity contribution in [3.05, 3.63) is 68.5 Å². The SMILES string of the molecule is CCOCCn1c(=NC(=O)c2cccc(C(F)(F)F)c2)sc2cc([N+](=O)[O-])ccc21. The molecular formula is C19H16F3N3O4S. The molecule has 1 aromatic heterocycles. The molecule has 0 aliphatic heterocycles. The Kier molecular flexibility index (Phi) is 6.32. The van der Waals surface area contributed by atoms with Crippen LogP contribution in [-0.2, 0) is 17.5 Å². The van der Waals surface area contributed by atoms with Crippen molar-refractivity contribution in [1.29, 1.82) is 0 Å². The van der Waals surface area contributed by atoms with E-state index in [1.165, 1.54) is 18.2 Å². The van der Waals surface area contributed by atoms with Crippen LogP contribution >= 0.6 is 11.3 Å². The molecule has 3 aromatic rings. The molecule has 7 nitrogen and oxygen atoms in total. The third kappa shape index (κ3) is 4.74. The number of ether oxygens (including phenoxy) is 1. The number of fused-ring (bicyclic) bond motifs is 1. The van der Waals surface area contributed by atoms with Gasteiger partial charge >= 0.3 is 6.18 Å². The zero-order valence-corrected chi connectivity index (χ0v) is 16.5. The number of rotatable bonds is 6. The van der Waals surface area contributed by atoms with Gasteiger partial charge in [0.25, 0.3) is 11.6 Å². The van der Waals surface area contributed by atoms with Crippen molar-refractivity contribution in [1.82, 2.24) is 4.57 Å². The number of amides is 1. The molecular weight excluding hydrogens is 423 g/mol. The first-order valence-corrected chi connectivity index (χ1v) is 9.64. The average Bonchev–Trinajstić information content (AvgIpc) is 3.04. The Morgan fingerprint density at radius 1 is 1.27 bits per heavy atom. The van der Waals surface area contributed by atoms with Gasteiger partial charge in [0.2, 0.25) is 0 Å². The first-order valence-electron chi connectivity index (χ1n) is 8.82. The molecule has 0 atom stereocenters. The highest BCUT2D eigenvalue weighted by atomic mass is 32.1. The number of carbonyl (C=O) groups excluding carboxylic acids is 1. The lowest BCUT2D eigenvalue weighted by molar-refractivity contribution is -0.384. The highest BCUT2D eigenvalue weighted by molar-refractivity contribution is 7.16. The van der Waals surface area contributed by atoms with Crippen LogP contribution < -0.4 is 4.80 Å². The molecule has 3 rings (SSSR count). The molecule has 158 valence electrons. The second-order valence-electron chi connectivity index (χ2n) is 6.14. The molecule has 1 amide bonds. The number of aromatic nitrogens is 1. The fraction of sp³-hybridized carbons (Fsp3) is 0.263. The van der Waals surface area contributed by atoms with Crippen molar-refractivity contribution in [2.24, 2.45) is 4.99 Å². The summed E-state index contributed by atoms with van der Waals surface area (Å²) in [4.78, 5) is 27.3. The van der Waals surface area contributed by atoms with Gasteiger partial charge in [-0.3, -0.25) is 14.9 Å². The number of nitro benzene ring substituents is 1. The van der Waals surface area contributed by atoms with Gasteiger partial charge in [0, 0.05) is 30.8 Å². The Morgan fingerprint density at radius 3 is 2.70 bits per heavy atom. The van der Waals surface area contributed by atoms with Crippen LogP contribution in [0.25, 0.3) is 10.2 Å². The molecule has 0 aliphatic rings. The number of carbonyl (C=O) groups is 1. The summed E-state index contributed by atoms with van der Waals surface area (Å²) in [5.74, 6) is -0.840. The smallest absolute Gasteiger partial charge is 0.380 e. The van der Waals surface area contributed by atoms with E-state index in [0.29, 0.717) is 30.0 Å². The van der Waals surface area contributed by atoms with Crippen molar-refractivity contribution < 1.29 is 27.6 Å². The van der Waals surface area contributed by atoms with Gasteiger partial charge in [0.05, 0.1) is 27.3 Å². The molecule has 0 saturated carbocycles. The maximum atomic E-state index is 12.9. The fourth-order valence-electron chi connectivity index (χ4n) is 2.76. The van der Waals surface area contributed by atoms with E-state index in [9.17, 15) is 28.1 Å². The number of hydrogen-bond donors (Lipinski definition) is 0. The van der Waals surface area contributed by atoms with E-state index in [1.54, 1.807) is 10.6 Å². The lowest BCUT2D eigenvalue weighted by Crippen LogP contribution is -2.20. The van der Waals surface area contributed by atoms with Gasteiger partial charge < -0.3 is 9.30 Å². The zero-order chi connectivity index (χ0) is 21.9. The number of non-ortho nitro benzene ring substituents is 1. The van der Waals surface area contributed by atoms with Gasteiger partial charge in [-0.2, -0.15) is 18.2 Å². The molecule has 11 heteroatoms. The van der Waals surface area contributed by atoms with Crippen LogP contribution in [-0.4, -0.2) is 28.6 Å². The molecule has 0 spiro atoms. The summed E-state index contributed by atoms with van der Waals surface area (Å²) in [5, 5.41) is 11.0. The minimum absolute atomic E-state index is 0.114. The monoisotopic (exact) mass is 439 g/mol. The van der Waals surface area contributed by atoms with Crippen LogP contribution in [0.15, 0.2) is 47.5 Å². The molecule has 0 N–H and O–H groups in total. The first-order chi connectivity index (χ1) is 14.2. The van der Waals surface area contributed by atoms with E-state index in [4.69, 9.17) is 4.74 Å². The third-order valence-electron chi connectivity index (χ3n) is 4.17. The highest BCUT2D eigenvalue weighted by Crippen LogP contribution is 2.29. The maximum absolute atomic E-state index is 12.9. The second-order valence-corrected chi connectivity index (χ2v) is 7.15. The van der Waals surface area contributed by atoms with Crippen molar-refractivity contribution in [2.75, 3.05) is 13.2 Å². The van der Waals surface area contributed by atoms with E-state index < -0.39 is 22.6 Å². The molecule has 0 radical (unpaired) electrons. The number of nitro groups is 1. The first kappa shape index (κ1) is 21.7. The summed E-state index contributed by atoms with van der Waals surface area (Å²) in [6.45, 7) is 2.93. The lowest BCUT2D eigenvalue weighted by atomic mass is 10.1. The van der Waals surface area contributed by atoms with E-state index in [-0.39, 0.29) is 16.1 Å². The number of nitrogens with zero attached hydrogens (tertiary/aromatic N) is 3. The number of halogens is 3. The largest absolute Gasteiger partial charge is 0.416 e. The number of benzene rings is 2. The van der Waals surface area contributed by atoms with Gasteiger partial charge in [-0.15, -0.1) is 0 Å². The van der Waals surface area contributed by atoms with Crippen LogP contribution in [0.2, 0.25) is 0 Å². The number of hydrogen-bond acceptors (Lipinski definition) is 5. The van der Waals surface area contributed by atoms with Gasteiger partial charge in [0.1, 0.15) is 0 Å². The quantitative estimate of drug-likeness (QED) is 0.323. The Balaban J connectivity index is 2.08. The van der Waals surface area contributed by atoms with Crippen LogP contribution in [0.3, 0.4) is 0 Å². The maximum Gasteiger partial charge on any atom is 0.416 e. The average molecular weight is 439 g/mol.